The minimum absolute atomic E-state index is 0.578. The Morgan fingerprint density at radius 1 is 0.950 bits per heavy atom. The second kappa shape index (κ2) is 7.68. The zero-order valence-corrected chi connectivity index (χ0v) is 11.8. The van der Waals surface area contributed by atoms with Crippen LogP contribution in [-0.4, -0.2) is 13.7 Å². The van der Waals surface area contributed by atoms with Crippen LogP contribution in [0.3, 0.4) is 0 Å². The van der Waals surface area contributed by atoms with Gasteiger partial charge >= 0.3 is 0 Å². The van der Waals surface area contributed by atoms with Gasteiger partial charge in [-0.3, -0.25) is 0 Å². The summed E-state index contributed by atoms with van der Waals surface area (Å²) < 4.78 is 11.0. The predicted octanol–water partition coefficient (Wildman–Crippen LogP) is 2.91. The molecule has 3 heteroatoms. The predicted molar refractivity (Wildman–Crippen MR) is 80.7 cm³/mol. The molecule has 20 heavy (non-hydrogen) atoms. The van der Waals surface area contributed by atoms with E-state index in [1.165, 1.54) is 11.1 Å². The second-order valence-corrected chi connectivity index (χ2v) is 4.65. The molecule has 0 fully saturated rings. The lowest BCUT2D eigenvalue weighted by Gasteiger charge is -2.10. The second-order valence-electron chi connectivity index (χ2n) is 4.65. The average Bonchev–Trinajstić information content (AvgIpc) is 2.49. The Bertz CT molecular complexity index is 540. The molecule has 2 aromatic carbocycles. The molecule has 0 bridgehead atoms. The maximum Gasteiger partial charge on any atom is 0.119 e. The molecular formula is C17H21NO2. The van der Waals surface area contributed by atoms with Gasteiger partial charge in [0.05, 0.1) is 20.3 Å². The highest BCUT2D eigenvalue weighted by Gasteiger charge is 2.02. The summed E-state index contributed by atoms with van der Waals surface area (Å²) in [6.07, 6.45) is 0.888. The van der Waals surface area contributed by atoms with Crippen LogP contribution < -0.4 is 10.5 Å². The highest BCUT2D eigenvalue weighted by molar-refractivity contribution is 5.28. The van der Waals surface area contributed by atoms with Crippen LogP contribution in [0.15, 0.2) is 48.5 Å². The summed E-state index contributed by atoms with van der Waals surface area (Å²) in [7, 11) is 1.67. The van der Waals surface area contributed by atoms with Gasteiger partial charge in [0.2, 0.25) is 0 Å². The molecule has 3 nitrogen and oxygen atoms in total. The van der Waals surface area contributed by atoms with Gasteiger partial charge in [-0.1, -0.05) is 36.4 Å². The molecule has 106 valence electrons. The Balaban J connectivity index is 1.92. The first-order valence-corrected chi connectivity index (χ1v) is 6.81. The summed E-state index contributed by atoms with van der Waals surface area (Å²) in [5.74, 6) is 0.856. The molecule has 0 radical (unpaired) electrons. The van der Waals surface area contributed by atoms with Crippen molar-refractivity contribution in [1.82, 2.24) is 0 Å². The number of hydrogen-bond donors (Lipinski definition) is 1. The quantitative estimate of drug-likeness (QED) is 0.842. The first-order chi connectivity index (χ1) is 9.83. The van der Waals surface area contributed by atoms with Gasteiger partial charge in [0, 0.05) is 0 Å². The zero-order chi connectivity index (χ0) is 14.2. The Kier molecular flexibility index (Phi) is 5.59. The third kappa shape index (κ3) is 4.08. The van der Waals surface area contributed by atoms with E-state index in [-0.39, 0.29) is 0 Å². The number of ether oxygens (including phenoxy) is 2. The molecule has 0 atom stereocenters. The lowest BCUT2D eigenvalue weighted by molar-refractivity contribution is 0.106. The molecule has 2 rings (SSSR count). The standard InChI is InChI=1S/C17H21NO2/c1-19-17-8-4-5-14(11-17)12-20-13-16-7-3-2-6-15(16)9-10-18/h2-8,11H,9-10,12-13,18H2,1H3. The molecular weight excluding hydrogens is 250 g/mol. The van der Waals surface area contributed by atoms with E-state index < -0.39 is 0 Å². The van der Waals surface area contributed by atoms with E-state index >= 15 is 0 Å². The van der Waals surface area contributed by atoms with Crippen molar-refractivity contribution in [3.05, 3.63) is 65.2 Å². The molecule has 0 unspecified atom stereocenters. The van der Waals surface area contributed by atoms with Crippen molar-refractivity contribution in [1.29, 1.82) is 0 Å². The van der Waals surface area contributed by atoms with Gasteiger partial charge < -0.3 is 15.2 Å². The van der Waals surface area contributed by atoms with Crippen molar-refractivity contribution in [2.75, 3.05) is 13.7 Å². The van der Waals surface area contributed by atoms with Crippen LogP contribution in [0.25, 0.3) is 0 Å². The van der Waals surface area contributed by atoms with Crippen LogP contribution in [0.5, 0.6) is 5.75 Å². The van der Waals surface area contributed by atoms with Gasteiger partial charge in [0.25, 0.3) is 0 Å². The van der Waals surface area contributed by atoms with Crippen LogP contribution >= 0.6 is 0 Å². The fraction of sp³-hybridized carbons (Fsp3) is 0.294. The maximum atomic E-state index is 5.80. The number of methoxy groups -OCH3 is 1. The van der Waals surface area contributed by atoms with Crippen molar-refractivity contribution in [3.63, 3.8) is 0 Å². The third-order valence-electron chi connectivity index (χ3n) is 3.19. The molecule has 0 heterocycles. The smallest absolute Gasteiger partial charge is 0.119 e. The topological polar surface area (TPSA) is 44.5 Å². The van der Waals surface area contributed by atoms with Crippen molar-refractivity contribution < 1.29 is 9.47 Å². The molecule has 0 saturated heterocycles. The van der Waals surface area contributed by atoms with E-state index in [0.717, 1.165) is 17.7 Å². The fourth-order valence-corrected chi connectivity index (χ4v) is 2.14. The first-order valence-electron chi connectivity index (χ1n) is 6.81. The van der Waals surface area contributed by atoms with Gasteiger partial charge in [-0.05, 0) is 41.8 Å². The first kappa shape index (κ1) is 14.6. The summed E-state index contributed by atoms with van der Waals surface area (Å²) >= 11 is 0. The minimum Gasteiger partial charge on any atom is -0.497 e. The SMILES string of the molecule is COc1cccc(COCc2ccccc2CCN)c1. The molecule has 0 aliphatic heterocycles. The van der Waals surface area contributed by atoms with Crippen LogP contribution in [0, 0.1) is 0 Å². The number of hydrogen-bond acceptors (Lipinski definition) is 3. The van der Waals surface area contributed by atoms with Crippen LogP contribution in [0.4, 0.5) is 0 Å². The highest BCUT2D eigenvalue weighted by Crippen LogP contribution is 2.15. The summed E-state index contributed by atoms with van der Waals surface area (Å²) in [6.45, 7) is 1.84. The average molecular weight is 271 g/mol. The third-order valence-corrected chi connectivity index (χ3v) is 3.19. The van der Waals surface area contributed by atoms with Crippen LogP contribution in [0.1, 0.15) is 16.7 Å². The molecule has 2 N–H and O–H groups in total. The molecule has 0 aliphatic rings. The van der Waals surface area contributed by atoms with Gasteiger partial charge in [0.1, 0.15) is 5.75 Å². The van der Waals surface area contributed by atoms with Crippen molar-refractivity contribution in [3.8, 4) is 5.75 Å². The van der Waals surface area contributed by atoms with E-state index in [1.54, 1.807) is 7.11 Å². The lowest BCUT2D eigenvalue weighted by Crippen LogP contribution is -2.06. The monoisotopic (exact) mass is 271 g/mol. The van der Waals surface area contributed by atoms with Crippen molar-refractivity contribution in [2.24, 2.45) is 5.73 Å². The van der Waals surface area contributed by atoms with E-state index in [1.807, 2.05) is 36.4 Å². The summed E-state index contributed by atoms with van der Waals surface area (Å²) in [6, 6.07) is 16.2. The minimum atomic E-state index is 0.578. The Labute approximate surface area is 120 Å². The zero-order valence-electron chi connectivity index (χ0n) is 11.8. The van der Waals surface area contributed by atoms with Gasteiger partial charge in [-0.2, -0.15) is 0 Å². The van der Waals surface area contributed by atoms with Gasteiger partial charge in [-0.25, -0.2) is 0 Å². The lowest BCUT2D eigenvalue weighted by atomic mass is 10.1. The van der Waals surface area contributed by atoms with Crippen molar-refractivity contribution >= 4 is 0 Å². The Morgan fingerprint density at radius 3 is 2.50 bits per heavy atom. The number of rotatable bonds is 7. The maximum absolute atomic E-state index is 5.80. The molecule has 0 aromatic heterocycles. The molecule has 0 aliphatic carbocycles. The van der Waals surface area contributed by atoms with Gasteiger partial charge in [0.15, 0.2) is 0 Å². The molecule has 0 saturated carbocycles. The molecule has 2 aromatic rings. The normalized spacial score (nSPS) is 10.5. The van der Waals surface area contributed by atoms with E-state index in [9.17, 15) is 0 Å². The van der Waals surface area contributed by atoms with E-state index in [0.29, 0.717) is 19.8 Å². The Morgan fingerprint density at radius 2 is 1.75 bits per heavy atom. The number of benzene rings is 2. The molecule has 0 amide bonds. The van der Waals surface area contributed by atoms with Gasteiger partial charge in [-0.15, -0.1) is 0 Å². The largest absolute Gasteiger partial charge is 0.497 e. The van der Waals surface area contributed by atoms with Crippen LogP contribution in [0.2, 0.25) is 0 Å². The highest BCUT2D eigenvalue weighted by atomic mass is 16.5. The molecule has 0 spiro atoms. The summed E-state index contributed by atoms with van der Waals surface area (Å²) in [5, 5.41) is 0. The van der Waals surface area contributed by atoms with E-state index in [4.69, 9.17) is 15.2 Å². The van der Waals surface area contributed by atoms with E-state index in [2.05, 4.69) is 12.1 Å². The fourth-order valence-electron chi connectivity index (χ4n) is 2.14. The number of nitrogens with two attached hydrogens (primary N) is 1. The Hall–Kier alpha value is -1.84. The van der Waals surface area contributed by atoms with Crippen molar-refractivity contribution in [2.45, 2.75) is 19.6 Å². The van der Waals surface area contributed by atoms with Crippen LogP contribution in [-0.2, 0) is 24.4 Å². The summed E-state index contributed by atoms with van der Waals surface area (Å²) in [5.41, 5.74) is 9.21. The summed E-state index contributed by atoms with van der Waals surface area (Å²) in [4.78, 5) is 0.